The van der Waals surface area contributed by atoms with Gasteiger partial charge in [0.25, 0.3) is 0 Å². The predicted octanol–water partition coefficient (Wildman–Crippen LogP) is 4.17. The molecule has 0 saturated carbocycles. The Labute approximate surface area is 168 Å². The average Bonchev–Trinajstić information content (AvgIpc) is 3.36. The highest BCUT2D eigenvalue weighted by atomic mass is 15.3. The van der Waals surface area contributed by atoms with E-state index in [4.69, 9.17) is 5.10 Å². The number of benzene rings is 2. The van der Waals surface area contributed by atoms with Gasteiger partial charge in [-0.1, -0.05) is 67.6 Å². The van der Waals surface area contributed by atoms with E-state index in [0.717, 1.165) is 31.9 Å². The number of nitrogens with zero attached hydrogens (tertiary/aromatic N) is 3. The molecule has 28 heavy (non-hydrogen) atoms. The molecule has 0 aliphatic carbocycles. The van der Waals surface area contributed by atoms with Crippen LogP contribution in [0.5, 0.6) is 0 Å². The molecule has 1 atom stereocenters. The summed E-state index contributed by atoms with van der Waals surface area (Å²) in [6.45, 7) is 7.36. The molecule has 0 spiro atoms. The Balaban J connectivity index is 1.49. The molecule has 0 unspecified atom stereocenters. The van der Waals surface area contributed by atoms with E-state index in [-0.39, 0.29) is 0 Å². The van der Waals surface area contributed by atoms with Gasteiger partial charge in [0.15, 0.2) is 0 Å². The van der Waals surface area contributed by atoms with Gasteiger partial charge in [-0.05, 0) is 31.5 Å². The van der Waals surface area contributed by atoms with E-state index in [9.17, 15) is 0 Å². The molecule has 1 fully saturated rings. The van der Waals surface area contributed by atoms with Crippen molar-refractivity contribution in [2.45, 2.75) is 38.9 Å². The number of likely N-dealkylation sites (tertiary alicyclic amines) is 1. The molecule has 1 saturated heterocycles. The van der Waals surface area contributed by atoms with Gasteiger partial charge in [0.05, 0.1) is 12.2 Å². The highest BCUT2D eigenvalue weighted by Crippen LogP contribution is 2.23. The summed E-state index contributed by atoms with van der Waals surface area (Å²) >= 11 is 0. The van der Waals surface area contributed by atoms with Gasteiger partial charge in [0, 0.05) is 36.5 Å². The number of hydrogen-bond acceptors (Lipinski definition) is 3. The van der Waals surface area contributed by atoms with Crippen molar-refractivity contribution in [3.63, 3.8) is 0 Å². The molecule has 0 amide bonds. The fourth-order valence-corrected chi connectivity index (χ4v) is 4.20. The minimum absolute atomic E-state index is 0.671. The van der Waals surface area contributed by atoms with Crippen LogP contribution in [0, 0.1) is 0 Å². The van der Waals surface area contributed by atoms with Crippen molar-refractivity contribution < 1.29 is 0 Å². The van der Waals surface area contributed by atoms with E-state index < -0.39 is 0 Å². The number of likely N-dealkylation sites (N-methyl/N-ethyl adjacent to an activating group) is 1. The van der Waals surface area contributed by atoms with E-state index in [0.29, 0.717) is 6.04 Å². The van der Waals surface area contributed by atoms with Crippen LogP contribution in [-0.2, 0) is 13.1 Å². The highest BCUT2D eigenvalue weighted by Gasteiger charge is 2.22. The first-order chi connectivity index (χ1) is 13.8. The van der Waals surface area contributed by atoms with Gasteiger partial charge in [0.2, 0.25) is 0 Å². The Kier molecular flexibility index (Phi) is 6.20. The minimum Gasteiger partial charge on any atom is -0.311 e. The zero-order chi connectivity index (χ0) is 19.2. The Hall–Kier alpha value is -2.43. The van der Waals surface area contributed by atoms with Gasteiger partial charge in [-0.15, -0.1) is 0 Å². The summed E-state index contributed by atoms with van der Waals surface area (Å²) < 4.78 is 2.07. The Morgan fingerprint density at radius 2 is 1.79 bits per heavy atom. The van der Waals surface area contributed by atoms with Crippen molar-refractivity contribution in [1.29, 1.82) is 0 Å². The van der Waals surface area contributed by atoms with Crippen molar-refractivity contribution in [3.8, 4) is 11.3 Å². The summed E-state index contributed by atoms with van der Waals surface area (Å²) in [5, 5.41) is 8.62. The lowest BCUT2D eigenvalue weighted by atomic mass is 10.1. The first kappa shape index (κ1) is 18.9. The van der Waals surface area contributed by atoms with Crippen LogP contribution in [0.25, 0.3) is 11.3 Å². The Morgan fingerprint density at radius 1 is 1.04 bits per heavy atom. The third-order valence-electron chi connectivity index (χ3n) is 5.67. The van der Waals surface area contributed by atoms with Crippen LogP contribution in [0.4, 0.5) is 0 Å². The van der Waals surface area contributed by atoms with Gasteiger partial charge in [-0.2, -0.15) is 5.10 Å². The second-order valence-electron chi connectivity index (χ2n) is 7.61. The van der Waals surface area contributed by atoms with Crippen LogP contribution >= 0.6 is 0 Å². The quantitative estimate of drug-likeness (QED) is 0.642. The van der Waals surface area contributed by atoms with Gasteiger partial charge in [-0.25, -0.2) is 0 Å². The second-order valence-corrected chi connectivity index (χ2v) is 7.61. The molecular formula is C24H30N4. The molecule has 4 rings (SSSR count). The smallest absolute Gasteiger partial charge is 0.0968 e. The SMILES string of the molecule is CCN1CCC[C@@H]1CNCc1cn(Cc2ccccc2)nc1-c1ccccc1. The van der Waals surface area contributed by atoms with Gasteiger partial charge in [0.1, 0.15) is 0 Å². The maximum Gasteiger partial charge on any atom is 0.0968 e. The summed E-state index contributed by atoms with van der Waals surface area (Å²) in [7, 11) is 0. The van der Waals surface area contributed by atoms with E-state index >= 15 is 0 Å². The summed E-state index contributed by atoms with van der Waals surface area (Å²) in [4.78, 5) is 2.59. The standard InChI is InChI=1S/C24H30N4/c1-2-27-15-9-14-23(27)17-25-16-22-19-28(18-20-10-5-3-6-11-20)26-24(22)21-12-7-4-8-13-21/h3-8,10-13,19,23,25H,2,9,14-18H2,1H3/t23-/m1/s1. The first-order valence-corrected chi connectivity index (χ1v) is 10.4. The lowest BCUT2D eigenvalue weighted by Crippen LogP contribution is -2.37. The maximum absolute atomic E-state index is 4.92. The van der Waals surface area contributed by atoms with Crippen LogP contribution in [-0.4, -0.2) is 40.4 Å². The van der Waals surface area contributed by atoms with Gasteiger partial charge >= 0.3 is 0 Å². The van der Waals surface area contributed by atoms with E-state index in [2.05, 4.69) is 88.7 Å². The average molecular weight is 375 g/mol. The fourth-order valence-electron chi connectivity index (χ4n) is 4.20. The molecule has 0 bridgehead atoms. The predicted molar refractivity (Wildman–Crippen MR) is 115 cm³/mol. The molecule has 4 heteroatoms. The number of aromatic nitrogens is 2. The minimum atomic E-state index is 0.671. The van der Waals surface area contributed by atoms with Crippen LogP contribution in [0.3, 0.4) is 0 Å². The fraction of sp³-hybridized carbons (Fsp3) is 0.375. The summed E-state index contributed by atoms with van der Waals surface area (Å²) in [5.41, 5.74) is 4.81. The van der Waals surface area contributed by atoms with Crippen molar-refractivity contribution in [3.05, 3.63) is 78.0 Å². The molecule has 1 N–H and O–H groups in total. The largest absolute Gasteiger partial charge is 0.311 e. The maximum atomic E-state index is 4.92. The second kappa shape index (κ2) is 9.18. The zero-order valence-electron chi connectivity index (χ0n) is 16.7. The van der Waals surface area contributed by atoms with Crippen molar-refractivity contribution in [2.24, 2.45) is 0 Å². The van der Waals surface area contributed by atoms with E-state index in [1.165, 1.54) is 36.1 Å². The van der Waals surface area contributed by atoms with E-state index in [1.807, 2.05) is 0 Å². The Morgan fingerprint density at radius 3 is 2.54 bits per heavy atom. The third-order valence-corrected chi connectivity index (χ3v) is 5.67. The number of hydrogen-bond donors (Lipinski definition) is 1. The lowest BCUT2D eigenvalue weighted by molar-refractivity contribution is 0.260. The summed E-state index contributed by atoms with van der Waals surface area (Å²) in [6, 6.07) is 21.7. The van der Waals surface area contributed by atoms with Gasteiger partial charge < -0.3 is 5.32 Å². The van der Waals surface area contributed by atoms with Crippen molar-refractivity contribution in [2.75, 3.05) is 19.6 Å². The normalized spacial score (nSPS) is 17.2. The summed E-state index contributed by atoms with van der Waals surface area (Å²) in [5.74, 6) is 0. The van der Waals surface area contributed by atoms with E-state index in [1.54, 1.807) is 0 Å². The molecule has 3 aromatic rings. The van der Waals surface area contributed by atoms with Crippen molar-refractivity contribution >= 4 is 0 Å². The highest BCUT2D eigenvalue weighted by molar-refractivity contribution is 5.62. The topological polar surface area (TPSA) is 33.1 Å². The molecule has 146 valence electrons. The molecule has 0 radical (unpaired) electrons. The molecular weight excluding hydrogens is 344 g/mol. The molecule has 2 aromatic carbocycles. The van der Waals surface area contributed by atoms with Crippen LogP contribution < -0.4 is 5.32 Å². The summed E-state index contributed by atoms with van der Waals surface area (Å²) in [6.07, 6.45) is 4.83. The lowest BCUT2D eigenvalue weighted by Gasteiger charge is -2.22. The zero-order valence-corrected chi connectivity index (χ0v) is 16.7. The number of rotatable bonds is 8. The van der Waals surface area contributed by atoms with Crippen LogP contribution in [0.2, 0.25) is 0 Å². The third kappa shape index (κ3) is 4.51. The molecule has 1 aliphatic rings. The molecule has 4 nitrogen and oxygen atoms in total. The first-order valence-electron chi connectivity index (χ1n) is 10.4. The monoisotopic (exact) mass is 374 g/mol. The van der Waals surface area contributed by atoms with Crippen molar-refractivity contribution in [1.82, 2.24) is 20.0 Å². The van der Waals surface area contributed by atoms with Crippen LogP contribution in [0.1, 0.15) is 30.9 Å². The van der Waals surface area contributed by atoms with Crippen LogP contribution in [0.15, 0.2) is 66.9 Å². The number of nitrogens with one attached hydrogen (secondary N) is 1. The molecule has 1 aliphatic heterocycles. The van der Waals surface area contributed by atoms with Gasteiger partial charge in [-0.3, -0.25) is 9.58 Å². The Bertz CT molecular complexity index is 857. The molecule has 1 aromatic heterocycles. The molecule has 2 heterocycles.